The van der Waals surface area contributed by atoms with Crippen molar-refractivity contribution in [1.82, 2.24) is 10.6 Å². The summed E-state index contributed by atoms with van der Waals surface area (Å²) in [6, 6.07) is 57.4. The maximum atomic E-state index is 6.65. The first kappa shape index (κ1) is 29.1. The highest BCUT2D eigenvalue weighted by atomic mass is 16.3. The zero-order valence-corrected chi connectivity index (χ0v) is 28.0. The highest BCUT2D eigenvalue weighted by Crippen LogP contribution is 2.44. The largest absolute Gasteiger partial charge is 0.456 e. The molecule has 0 saturated carbocycles. The van der Waals surface area contributed by atoms with Crippen molar-refractivity contribution in [2.24, 2.45) is 4.99 Å². The number of hydrogen-bond donors (Lipinski definition) is 2. The number of furan rings is 2. The van der Waals surface area contributed by atoms with E-state index < -0.39 is 6.17 Å². The molecule has 3 heterocycles. The third-order valence-corrected chi connectivity index (χ3v) is 10.5. The lowest BCUT2D eigenvalue weighted by molar-refractivity contribution is 0.410. The van der Waals surface area contributed by atoms with E-state index in [0.717, 1.165) is 88.3 Å². The second kappa shape index (κ2) is 11.4. The Morgan fingerprint density at radius 1 is 0.462 bits per heavy atom. The summed E-state index contributed by atoms with van der Waals surface area (Å²) < 4.78 is 13.1. The van der Waals surface area contributed by atoms with Gasteiger partial charge in [-0.3, -0.25) is 5.32 Å². The second-order valence-corrected chi connectivity index (χ2v) is 13.6. The summed E-state index contributed by atoms with van der Waals surface area (Å²) in [5, 5.41) is 16.7. The van der Waals surface area contributed by atoms with Crippen molar-refractivity contribution < 1.29 is 8.83 Å². The van der Waals surface area contributed by atoms with Crippen LogP contribution >= 0.6 is 0 Å². The molecule has 0 saturated heterocycles. The van der Waals surface area contributed by atoms with Crippen LogP contribution in [0.5, 0.6) is 0 Å². The van der Waals surface area contributed by atoms with Crippen LogP contribution in [-0.2, 0) is 0 Å². The molecule has 5 nitrogen and oxygen atoms in total. The smallest absolute Gasteiger partial charge is 0.136 e. The van der Waals surface area contributed by atoms with Crippen molar-refractivity contribution in [3.63, 3.8) is 0 Å². The van der Waals surface area contributed by atoms with Crippen molar-refractivity contribution in [3.8, 4) is 11.1 Å². The minimum absolute atomic E-state index is 0.185. The van der Waals surface area contributed by atoms with Crippen LogP contribution in [0, 0.1) is 0 Å². The molecule has 246 valence electrons. The summed E-state index contributed by atoms with van der Waals surface area (Å²) in [6.07, 6.45) is -0.577. The van der Waals surface area contributed by atoms with Gasteiger partial charge in [0.2, 0.25) is 0 Å². The van der Waals surface area contributed by atoms with Crippen molar-refractivity contribution in [1.29, 1.82) is 0 Å². The highest BCUT2D eigenvalue weighted by molar-refractivity contribution is 6.22. The van der Waals surface area contributed by atoms with Gasteiger partial charge < -0.3 is 14.2 Å². The Hall–Kier alpha value is -6.69. The zero-order valence-electron chi connectivity index (χ0n) is 28.0. The molecule has 2 aromatic heterocycles. The fourth-order valence-electron chi connectivity index (χ4n) is 8.10. The molecule has 8 aromatic carbocycles. The van der Waals surface area contributed by atoms with Crippen molar-refractivity contribution in [3.05, 3.63) is 180 Å². The van der Waals surface area contributed by atoms with E-state index in [1.165, 1.54) is 10.8 Å². The minimum atomic E-state index is -0.391. The summed E-state index contributed by atoms with van der Waals surface area (Å²) in [4.78, 5) is 5.45. The first-order valence-corrected chi connectivity index (χ1v) is 17.7. The van der Waals surface area contributed by atoms with Gasteiger partial charge in [-0.25, -0.2) is 4.99 Å². The molecular weight excluding hydrogens is 639 g/mol. The standard InChI is InChI=1S/C47H31N3O2/c1-2-13-29(14-3-1)45-48-46(31-23-22-28-12-4-5-15-30(28)24-31)50-47(49-45)38-25-32(26-41-44(38)36-19-9-11-21-40(36)51-41)37-27-42-43(34-17-7-6-16-33(34)37)35-18-8-10-20-39(35)52-42/h1-27,45,47,49H,(H,48,50). The molecule has 0 radical (unpaired) electrons. The van der Waals surface area contributed by atoms with Crippen LogP contribution in [0.4, 0.5) is 0 Å². The molecule has 52 heavy (non-hydrogen) atoms. The van der Waals surface area contributed by atoms with Crippen LogP contribution in [0.2, 0.25) is 0 Å². The lowest BCUT2D eigenvalue weighted by Gasteiger charge is -2.32. The van der Waals surface area contributed by atoms with E-state index in [-0.39, 0.29) is 6.17 Å². The molecule has 11 rings (SSSR count). The van der Waals surface area contributed by atoms with Gasteiger partial charge in [0.15, 0.2) is 0 Å². The van der Waals surface area contributed by atoms with Gasteiger partial charge in [-0.15, -0.1) is 0 Å². The summed E-state index contributed by atoms with van der Waals surface area (Å²) in [7, 11) is 0. The predicted molar refractivity (Wildman–Crippen MR) is 213 cm³/mol. The van der Waals surface area contributed by atoms with Crippen LogP contribution in [0.3, 0.4) is 0 Å². The van der Waals surface area contributed by atoms with Gasteiger partial charge >= 0.3 is 0 Å². The molecule has 0 fully saturated rings. The molecule has 2 unspecified atom stereocenters. The van der Waals surface area contributed by atoms with Crippen LogP contribution < -0.4 is 10.6 Å². The molecule has 0 spiro atoms. The van der Waals surface area contributed by atoms with Crippen molar-refractivity contribution in [2.45, 2.75) is 12.3 Å². The molecular formula is C47H31N3O2. The molecule has 1 aliphatic heterocycles. The third kappa shape index (κ3) is 4.57. The van der Waals surface area contributed by atoms with Crippen molar-refractivity contribution >= 4 is 71.3 Å². The minimum Gasteiger partial charge on any atom is -0.456 e. The van der Waals surface area contributed by atoms with E-state index in [2.05, 4.69) is 150 Å². The number of hydrogen-bond acceptors (Lipinski definition) is 5. The second-order valence-electron chi connectivity index (χ2n) is 13.6. The summed E-state index contributed by atoms with van der Waals surface area (Å²) in [5.41, 5.74) is 8.76. The summed E-state index contributed by atoms with van der Waals surface area (Å²) in [6.45, 7) is 0. The van der Waals surface area contributed by atoms with Gasteiger partial charge in [0.25, 0.3) is 0 Å². The SMILES string of the molecule is c1ccc(C2NC(c3ccc4ccccc4c3)=NC(c3cc(-c4cc5oc6ccccc6c5c5ccccc45)cc4oc5ccccc5c34)N2)cc1. The topological polar surface area (TPSA) is 62.7 Å². The fraction of sp³-hybridized carbons (Fsp3) is 0.0426. The number of benzene rings is 8. The normalized spacial score (nSPS) is 16.3. The third-order valence-electron chi connectivity index (χ3n) is 10.5. The molecule has 2 atom stereocenters. The molecule has 0 amide bonds. The van der Waals surface area contributed by atoms with E-state index >= 15 is 0 Å². The molecule has 2 N–H and O–H groups in total. The molecule has 1 aliphatic rings. The van der Waals surface area contributed by atoms with Crippen LogP contribution in [0.15, 0.2) is 178 Å². The average Bonchev–Trinajstić information content (AvgIpc) is 3.78. The molecule has 0 bridgehead atoms. The maximum absolute atomic E-state index is 6.65. The fourth-order valence-corrected chi connectivity index (χ4v) is 8.10. The van der Waals surface area contributed by atoms with E-state index in [0.29, 0.717) is 0 Å². The van der Waals surface area contributed by atoms with Gasteiger partial charge in [-0.05, 0) is 74.6 Å². The number of nitrogens with one attached hydrogen (secondary N) is 2. The Morgan fingerprint density at radius 2 is 1.10 bits per heavy atom. The predicted octanol–water partition coefficient (Wildman–Crippen LogP) is 11.8. The van der Waals surface area contributed by atoms with E-state index in [1.54, 1.807) is 0 Å². The van der Waals surface area contributed by atoms with E-state index in [4.69, 9.17) is 13.8 Å². The molecule has 5 heteroatoms. The summed E-state index contributed by atoms with van der Waals surface area (Å²) in [5.74, 6) is 0.837. The van der Waals surface area contributed by atoms with E-state index in [1.807, 2.05) is 24.3 Å². The lowest BCUT2D eigenvalue weighted by atomic mass is 9.92. The van der Waals surface area contributed by atoms with Gasteiger partial charge in [0.1, 0.15) is 40.5 Å². The molecule has 0 aliphatic carbocycles. The Bertz CT molecular complexity index is 3050. The number of fused-ring (bicyclic) bond motifs is 9. The van der Waals surface area contributed by atoms with E-state index in [9.17, 15) is 0 Å². The number of nitrogens with zero attached hydrogens (tertiary/aromatic N) is 1. The summed E-state index contributed by atoms with van der Waals surface area (Å²) >= 11 is 0. The first-order chi connectivity index (χ1) is 25.7. The van der Waals surface area contributed by atoms with Gasteiger partial charge in [0.05, 0.1) is 0 Å². The van der Waals surface area contributed by atoms with Gasteiger partial charge in [-0.2, -0.15) is 0 Å². The zero-order chi connectivity index (χ0) is 34.2. The monoisotopic (exact) mass is 669 g/mol. The Morgan fingerprint density at radius 3 is 1.88 bits per heavy atom. The number of aliphatic imine (C=N–C) groups is 1. The highest BCUT2D eigenvalue weighted by Gasteiger charge is 2.29. The number of amidine groups is 1. The van der Waals surface area contributed by atoms with Gasteiger partial charge in [0, 0.05) is 32.7 Å². The number of para-hydroxylation sites is 2. The van der Waals surface area contributed by atoms with Crippen molar-refractivity contribution in [2.75, 3.05) is 0 Å². The first-order valence-electron chi connectivity index (χ1n) is 17.7. The van der Waals surface area contributed by atoms with Gasteiger partial charge in [-0.1, -0.05) is 127 Å². The van der Waals surface area contributed by atoms with Crippen LogP contribution in [0.1, 0.15) is 29.0 Å². The average molecular weight is 670 g/mol. The Labute approximate surface area is 298 Å². The Kier molecular flexibility index (Phi) is 6.39. The quantitative estimate of drug-likeness (QED) is 0.196. The Balaban J connectivity index is 1.17. The van der Waals surface area contributed by atoms with Crippen LogP contribution in [-0.4, -0.2) is 5.84 Å². The molecule has 10 aromatic rings. The van der Waals surface area contributed by atoms with Crippen LogP contribution in [0.25, 0.3) is 76.5 Å². The number of rotatable bonds is 4. The maximum Gasteiger partial charge on any atom is 0.136 e. The lowest BCUT2D eigenvalue weighted by Crippen LogP contribution is -2.45.